The molecule has 0 aliphatic carbocycles. The quantitative estimate of drug-likeness (QED) is 0.801. The van der Waals surface area contributed by atoms with Crippen molar-refractivity contribution in [3.63, 3.8) is 0 Å². The zero-order valence-electron chi connectivity index (χ0n) is 9.65. The van der Waals surface area contributed by atoms with Crippen LogP contribution in [0.25, 0.3) is 0 Å². The molecule has 0 heterocycles. The Morgan fingerprint density at radius 2 is 1.82 bits per heavy atom. The van der Waals surface area contributed by atoms with Gasteiger partial charge in [0.05, 0.1) is 0 Å². The van der Waals surface area contributed by atoms with Gasteiger partial charge < -0.3 is 11.1 Å². The van der Waals surface area contributed by atoms with Crippen LogP contribution in [0.2, 0.25) is 5.02 Å². The van der Waals surface area contributed by atoms with Gasteiger partial charge in [-0.3, -0.25) is 0 Å². The van der Waals surface area contributed by atoms with Gasteiger partial charge in [-0.2, -0.15) is 0 Å². The first kappa shape index (κ1) is 11.8. The van der Waals surface area contributed by atoms with Gasteiger partial charge in [-0.25, -0.2) is 0 Å². The van der Waals surface area contributed by atoms with Crippen LogP contribution in [0.3, 0.4) is 0 Å². The second-order valence-corrected chi connectivity index (χ2v) is 4.48. The summed E-state index contributed by atoms with van der Waals surface area (Å²) in [5, 5.41) is 4.15. The van der Waals surface area contributed by atoms with Crippen molar-refractivity contribution in [1.82, 2.24) is 0 Å². The number of nitrogens with two attached hydrogens (primary N) is 1. The highest BCUT2D eigenvalue weighted by Gasteiger charge is 2.04. The SMILES string of the molecule is CC(Nc1cccc(N)c1)c1ccc(Cl)cc1. The molecule has 17 heavy (non-hydrogen) atoms. The third kappa shape index (κ3) is 3.14. The van der Waals surface area contributed by atoms with Crippen LogP contribution in [0.15, 0.2) is 48.5 Å². The molecule has 2 nitrogen and oxygen atoms in total. The van der Waals surface area contributed by atoms with Crippen molar-refractivity contribution in [3.05, 3.63) is 59.1 Å². The molecule has 0 fully saturated rings. The van der Waals surface area contributed by atoms with Gasteiger partial charge >= 0.3 is 0 Å². The molecule has 3 heteroatoms. The predicted octanol–water partition coefficient (Wildman–Crippen LogP) is 4.10. The lowest BCUT2D eigenvalue weighted by molar-refractivity contribution is 0.885. The minimum atomic E-state index is 0.217. The maximum atomic E-state index is 5.86. The fourth-order valence-electron chi connectivity index (χ4n) is 1.71. The molecule has 0 spiro atoms. The number of halogens is 1. The second-order valence-electron chi connectivity index (χ2n) is 4.04. The van der Waals surface area contributed by atoms with E-state index in [1.54, 1.807) is 0 Å². The lowest BCUT2D eigenvalue weighted by atomic mass is 10.1. The molecule has 0 saturated carbocycles. The van der Waals surface area contributed by atoms with E-state index in [9.17, 15) is 0 Å². The molecule has 2 aromatic rings. The van der Waals surface area contributed by atoms with Gasteiger partial charge in [-0.1, -0.05) is 29.8 Å². The monoisotopic (exact) mass is 246 g/mol. The minimum Gasteiger partial charge on any atom is -0.399 e. The lowest BCUT2D eigenvalue weighted by Gasteiger charge is -2.16. The van der Waals surface area contributed by atoms with E-state index in [1.165, 1.54) is 5.56 Å². The summed E-state index contributed by atoms with van der Waals surface area (Å²) in [6, 6.07) is 15.8. The van der Waals surface area contributed by atoms with Gasteiger partial charge in [0.1, 0.15) is 0 Å². The van der Waals surface area contributed by atoms with Crippen molar-refractivity contribution in [3.8, 4) is 0 Å². The van der Waals surface area contributed by atoms with Gasteiger partial charge in [0, 0.05) is 22.4 Å². The normalized spacial score (nSPS) is 12.1. The smallest absolute Gasteiger partial charge is 0.0485 e. The van der Waals surface area contributed by atoms with Crippen molar-refractivity contribution < 1.29 is 0 Å². The van der Waals surface area contributed by atoms with Crippen LogP contribution in [0.4, 0.5) is 11.4 Å². The van der Waals surface area contributed by atoms with E-state index in [4.69, 9.17) is 17.3 Å². The van der Waals surface area contributed by atoms with Gasteiger partial charge in [-0.05, 0) is 42.8 Å². The zero-order valence-corrected chi connectivity index (χ0v) is 10.4. The van der Waals surface area contributed by atoms with E-state index in [2.05, 4.69) is 12.2 Å². The molecule has 1 unspecified atom stereocenters. The van der Waals surface area contributed by atoms with E-state index < -0.39 is 0 Å². The largest absolute Gasteiger partial charge is 0.399 e. The number of nitrogens with one attached hydrogen (secondary N) is 1. The summed E-state index contributed by atoms with van der Waals surface area (Å²) in [6.07, 6.45) is 0. The maximum absolute atomic E-state index is 5.86. The van der Waals surface area contributed by atoms with E-state index in [0.29, 0.717) is 0 Å². The summed E-state index contributed by atoms with van der Waals surface area (Å²) < 4.78 is 0. The summed E-state index contributed by atoms with van der Waals surface area (Å²) in [4.78, 5) is 0. The summed E-state index contributed by atoms with van der Waals surface area (Å²) in [5.74, 6) is 0. The Morgan fingerprint density at radius 1 is 1.12 bits per heavy atom. The molecule has 0 bridgehead atoms. The molecule has 0 saturated heterocycles. The number of rotatable bonds is 3. The van der Waals surface area contributed by atoms with Gasteiger partial charge in [0.15, 0.2) is 0 Å². The van der Waals surface area contributed by atoms with Crippen LogP contribution in [-0.2, 0) is 0 Å². The molecule has 2 aromatic carbocycles. The molecular weight excluding hydrogens is 232 g/mol. The second kappa shape index (κ2) is 5.11. The predicted molar refractivity (Wildman–Crippen MR) is 74.3 cm³/mol. The van der Waals surface area contributed by atoms with Crippen LogP contribution < -0.4 is 11.1 Å². The summed E-state index contributed by atoms with van der Waals surface area (Å²) >= 11 is 5.86. The number of hydrogen-bond acceptors (Lipinski definition) is 2. The Morgan fingerprint density at radius 3 is 2.47 bits per heavy atom. The van der Waals surface area contributed by atoms with E-state index in [0.717, 1.165) is 16.4 Å². The summed E-state index contributed by atoms with van der Waals surface area (Å²) in [7, 11) is 0. The minimum absolute atomic E-state index is 0.217. The van der Waals surface area contributed by atoms with Crippen LogP contribution in [-0.4, -0.2) is 0 Å². The fraction of sp³-hybridized carbons (Fsp3) is 0.143. The van der Waals surface area contributed by atoms with Gasteiger partial charge in [0.25, 0.3) is 0 Å². The highest BCUT2D eigenvalue weighted by atomic mass is 35.5. The van der Waals surface area contributed by atoms with Crippen molar-refractivity contribution >= 4 is 23.0 Å². The van der Waals surface area contributed by atoms with E-state index >= 15 is 0 Å². The molecular formula is C14H15ClN2. The first-order chi connectivity index (χ1) is 8.15. The van der Waals surface area contributed by atoms with Crippen molar-refractivity contribution in [2.24, 2.45) is 0 Å². The zero-order chi connectivity index (χ0) is 12.3. The molecule has 0 aliphatic heterocycles. The Kier molecular flexibility index (Phi) is 3.55. The molecule has 1 atom stereocenters. The Balaban J connectivity index is 2.11. The molecule has 2 rings (SSSR count). The molecule has 88 valence electrons. The number of hydrogen-bond donors (Lipinski definition) is 2. The number of anilines is 2. The molecule has 0 aliphatic rings. The fourth-order valence-corrected chi connectivity index (χ4v) is 1.84. The Bertz CT molecular complexity index is 494. The molecule has 0 radical (unpaired) electrons. The molecule has 3 N–H and O–H groups in total. The standard InChI is InChI=1S/C14H15ClN2/c1-10(11-5-7-12(15)8-6-11)17-14-4-2-3-13(16)9-14/h2-10,17H,16H2,1H3. The first-order valence-electron chi connectivity index (χ1n) is 5.53. The highest BCUT2D eigenvalue weighted by Crippen LogP contribution is 2.21. The van der Waals surface area contributed by atoms with Crippen LogP contribution in [0.5, 0.6) is 0 Å². The van der Waals surface area contributed by atoms with Crippen molar-refractivity contribution in [1.29, 1.82) is 0 Å². The number of nitrogen functional groups attached to an aromatic ring is 1. The van der Waals surface area contributed by atoms with Gasteiger partial charge in [0.2, 0.25) is 0 Å². The Hall–Kier alpha value is -1.67. The average Bonchev–Trinajstić information content (AvgIpc) is 2.29. The van der Waals surface area contributed by atoms with Crippen LogP contribution in [0.1, 0.15) is 18.5 Å². The number of benzene rings is 2. The third-order valence-electron chi connectivity index (χ3n) is 2.64. The summed E-state index contributed by atoms with van der Waals surface area (Å²) in [6.45, 7) is 2.10. The molecule has 0 amide bonds. The van der Waals surface area contributed by atoms with Crippen molar-refractivity contribution in [2.45, 2.75) is 13.0 Å². The van der Waals surface area contributed by atoms with E-state index in [1.807, 2.05) is 48.5 Å². The Labute approximate surface area is 106 Å². The van der Waals surface area contributed by atoms with Crippen molar-refractivity contribution in [2.75, 3.05) is 11.1 Å². The average molecular weight is 247 g/mol. The van der Waals surface area contributed by atoms with Crippen LogP contribution >= 0.6 is 11.6 Å². The maximum Gasteiger partial charge on any atom is 0.0485 e. The lowest BCUT2D eigenvalue weighted by Crippen LogP contribution is -2.06. The van der Waals surface area contributed by atoms with Gasteiger partial charge in [-0.15, -0.1) is 0 Å². The van der Waals surface area contributed by atoms with Crippen LogP contribution in [0, 0.1) is 0 Å². The summed E-state index contributed by atoms with van der Waals surface area (Å²) in [5.41, 5.74) is 8.71. The highest BCUT2D eigenvalue weighted by molar-refractivity contribution is 6.30. The molecule has 0 aromatic heterocycles. The van der Waals surface area contributed by atoms with E-state index in [-0.39, 0.29) is 6.04 Å². The third-order valence-corrected chi connectivity index (χ3v) is 2.89. The topological polar surface area (TPSA) is 38.0 Å². The first-order valence-corrected chi connectivity index (χ1v) is 5.90.